The van der Waals surface area contributed by atoms with Crippen molar-refractivity contribution in [2.45, 2.75) is 29.1 Å². The molecular formula is C21H24F2N2O3S2. The van der Waals surface area contributed by atoms with Crippen LogP contribution in [-0.4, -0.2) is 57.8 Å². The lowest BCUT2D eigenvalue weighted by Crippen LogP contribution is -2.56. The summed E-state index contributed by atoms with van der Waals surface area (Å²) >= 11 is 1.62. The molecule has 0 aromatic heterocycles. The van der Waals surface area contributed by atoms with Crippen molar-refractivity contribution in [3.05, 3.63) is 48.0 Å². The molecule has 0 bridgehead atoms. The fourth-order valence-corrected chi connectivity index (χ4v) is 6.22. The molecule has 162 valence electrons. The maximum Gasteiger partial charge on any atom is 0.272 e. The summed E-state index contributed by atoms with van der Waals surface area (Å²) in [6, 6.07) is 12.3. The highest BCUT2D eigenvalue weighted by atomic mass is 32.2. The lowest BCUT2D eigenvalue weighted by molar-refractivity contribution is -0.130. The molecule has 2 aromatic rings. The number of sulfonamides is 1. The van der Waals surface area contributed by atoms with Gasteiger partial charge in [-0.2, -0.15) is 0 Å². The second kappa shape index (κ2) is 8.36. The van der Waals surface area contributed by atoms with Crippen molar-refractivity contribution < 1.29 is 21.9 Å². The van der Waals surface area contributed by atoms with Gasteiger partial charge < -0.3 is 4.74 Å². The van der Waals surface area contributed by atoms with Gasteiger partial charge in [0.25, 0.3) is 15.9 Å². The van der Waals surface area contributed by atoms with Crippen LogP contribution in [0.5, 0.6) is 5.75 Å². The number of hydrogen-bond acceptors (Lipinski definition) is 5. The summed E-state index contributed by atoms with van der Waals surface area (Å²) in [6.07, 6.45) is 0.632. The summed E-state index contributed by atoms with van der Waals surface area (Å²) in [4.78, 5) is 2.86. The Labute approximate surface area is 180 Å². The summed E-state index contributed by atoms with van der Waals surface area (Å²) in [5, 5.41) is 0. The van der Waals surface area contributed by atoms with Crippen molar-refractivity contribution >= 4 is 27.5 Å². The zero-order valence-electron chi connectivity index (χ0n) is 16.7. The summed E-state index contributed by atoms with van der Waals surface area (Å²) in [5.74, 6) is -1.29. The Morgan fingerprint density at radius 2 is 1.87 bits per heavy atom. The molecule has 0 unspecified atom stereocenters. The van der Waals surface area contributed by atoms with Crippen LogP contribution in [0.25, 0.3) is 0 Å². The first-order chi connectivity index (χ1) is 14.2. The lowest BCUT2D eigenvalue weighted by atomic mass is 10.1. The highest BCUT2D eigenvalue weighted by molar-refractivity contribution is 8.00. The van der Waals surface area contributed by atoms with E-state index in [9.17, 15) is 17.2 Å². The number of hydrogen-bond donors (Lipinski definition) is 0. The van der Waals surface area contributed by atoms with Gasteiger partial charge in [-0.1, -0.05) is 17.7 Å². The maximum atomic E-state index is 13.2. The Hall–Kier alpha value is -1.84. The van der Waals surface area contributed by atoms with Crippen molar-refractivity contribution in [3.63, 3.8) is 0 Å². The van der Waals surface area contributed by atoms with E-state index in [-0.39, 0.29) is 18.0 Å². The predicted molar refractivity (Wildman–Crippen MR) is 114 cm³/mol. The Morgan fingerprint density at radius 3 is 2.57 bits per heavy atom. The number of rotatable bonds is 7. The van der Waals surface area contributed by atoms with E-state index in [1.165, 1.54) is 4.31 Å². The van der Waals surface area contributed by atoms with Gasteiger partial charge in [-0.3, -0.25) is 9.21 Å². The molecule has 9 heteroatoms. The molecule has 0 spiro atoms. The maximum absolute atomic E-state index is 13.2. The van der Waals surface area contributed by atoms with Gasteiger partial charge in [-0.15, -0.1) is 11.8 Å². The van der Waals surface area contributed by atoms with Gasteiger partial charge in [-0.25, -0.2) is 17.2 Å². The number of anilines is 1. The van der Waals surface area contributed by atoms with Gasteiger partial charge in [0.2, 0.25) is 0 Å². The fourth-order valence-electron chi connectivity index (χ4n) is 3.59. The summed E-state index contributed by atoms with van der Waals surface area (Å²) < 4.78 is 59.4. The van der Waals surface area contributed by atoms with Gasteiger partial charge in [-0.05, 0) is 37.6 Å². The zero-order valence-corrected chi connectivity index (χ0v) is 18.3. The van der Waals surface area contributed by atoms with E-state index in [0.717, 1.165) is 10.5 Å². The summed E-state index contributed by atoms with van der Waals surface area (Å²) in [6.45, 7) is 2.88. The van der Waals surface area contributed by atoms with Crippen LogP contribution >= 0.6 is 11.8 Å². The number of thioether (sulfide) groups is 1. The normalized spacial score (nSPS) is 18.6. The van der Waals surface area contributed by atoms with Crippen LogP contribution in [-0.2, 0) is 10.0 Å². The Morgan fingerprint density at radius 1 is 1.13 bits per heavy atom. The van der Waals surface area contributed by atoms with Gasteiger partial charge in [0.15, 0.2) is 0 Å². The average molecular weight is 455 g/mol. The number of ether oxygens (including phenoxy) is 1. The van der Waals surface area contributed by atoms with Crippen LogP contribution < -0.4 is 9.04 Å². The van der Waals surface area contributed by atoms with Gasteiger partial charge in [0.05, 0.1) is 30.3 Å². The number of benzene rings is 2. The molecule has 2 heterocycles. The highest BCUT2D eigenvalue weighted by Gasteiger charge is 2.43. The molecule has 1 fully saturated rings. The quantitative estimate of drug-likeness (QED) is 0.592. The Kier molecular flexibility index (Phi) is 5.96. The number of nitrogens with zero attached hydrogens (tertiary/aromatic N) is 2. The standard InChI is InChI=1S/C21H24F2N2O3S2/c1-16-3-6-18(7-4-16)30(26,27)25-10-12-29-20-8-5-17(13-19(20)25)28-11-2-9-24-14-21(22,23)15-24/h3-8,13H,2,9-12,14-15H2,1H3. The van der Waals surface area contributed by atoms with Crippen LogP contribution in [0.3, 0.4) is 0 Å². The number of alkyl halides is 2. The topological polar surface area (TPSA) is 49.9 Å². The molecule has 2 aliphatic heterocycles. The third-order valence-corrected chi connectivity index (χ3v) is 8.03. The van der Waals surface area contributed by atoms with Crippen LogP contribution in [0, 0.1) is 6.92 Å². The minimum atomic E-state index is -3.67. The van der Waals surface area contributed by atoms with Gasteiger partial charge in [0.1, 0.15) is 5.75 Å². The zero-order chi connectivity index (χ0) is 21.4. The molecule has 1 saturated heterocycles. The molecule has 0 radical (unpaired) electrons. The summed E-state index contributed by atoms with van der Waals surface area (Å²) in [5.41, 5.74) is 1.62. The Bertz CT molecular complexity index is 1010. The monoisotopic (exact) mass is 454 g/mol. The van der Waals surface area contributed by atoms with Crippen LogP contribution in [0.2, 0.25) is 0 Å². The molecule has 0 aliphatic carbocycles. The fraction of sp³-hybridized carbons (Fsp3) is 0.429. The molecule has 4 rings (SSSR count). The predicted octanol–water partition coefficient (Wildman–Crippen LogP) is 4.02. The second-order valence-electron chi connectivity index (χ2n) is 7.64. The largest absolute Gasteiger partial charge is 0.493 e. The molecule has 0 atom stereocenters. The van der Waals surface area contributed by atoms with Crippen molar-refractivity contribution in [1.29, 1.82) is 0 Å². The molecule has 0 amide bonds. The Balaban J connectivity index is 1.44. The first-order valence-electron chi connectivity index (χ1n) is 9.84. The molecule has 5 nitrogen and oxygen atoms in total. The average Bonchev–Trinajstić information content (AvgIpc) is 2.69. The van der Waals surface area contributed by atoms with Crippen molar-refractivity contribution in [3.8, 4) is 5.75 Å². The first-order valence-corrected chi connectivity index (χ1v) is 12.3. The first kappa shape index (κ1) is 21.4. The minimum absolute atomic E-state index is 0.186. The van der Waals surface area contributed by atoms with E-state index in [1.54, 1.807) is 47.0 Å². The number of halogens is 2. The van der Waals surface area contributed by atoms with Crippen LogP contribution in [0.1, 0.15) is 12.0 Å². The number of aryl methyl sites for hydroxylation is 1. The molecule has 2 aliphatic rings. The van der Waals surface area contributed by atoms with E-state index >= 15 is 0 Å². The van der Waals surface area contributed by atoms with E-state index in [1.807, 2.05) is 19.1 Å². The second-order valence-corrected chi connectivity index (χ2v) is 10.6. The molecular weight excluding hydrogens is 430 g/mol. The molecule has 2 aromatic carbocycles. The van der Waals surface area contributed by atoms with E-state index in [0.29, 0.717) is 43.3 Å². The smallest absolute Gasteiger partial charge is 0.272 e. The van der Waals surface area contributed by atoms with Gasteiger partial charge >= 0.3 is 0 Å². The lowest BCUT2D eigenvalue weighted by Gasteiger charge is -2.38. The van der Waals surface area contributed by atoms with E-state index < -0.39 is 15.9 Å². The molecule has 0 N–H and O–H groups in total. The van der Waals surface area contributed by atoms with Gasteiger partial charge in [0, 0.05) is 29.8 Å². The third kappa shape index (κ3) is 4.58. The minimum Gasteiger partial charge on any atom is -0.493 e. The SMILES string of the molecule is Cc1ccc(S(=O)(=O)N2CCSc3ccc(OCCCN4CC(F)(F)C4)cc32)cc1. The van der Waals surface area contributed by atoms with Crippen LogP contribution in [0.4, 0.5) is 14.5 Å². The third-order valence-electron chi connectivity index (χ3n) is 5.16. The highest BCUT2D eigenvalue weighted by Crippen LogP contribution is 2.40. The number of likely N-dealkylation sites (tertiary alicyclic amines) is 1. The van der Waals surface area contributed by atoms with Crippen molar-refractivity contribution in [2.75, 3.05) is 42.8 Å². The van der Waals surface area contributed by atoms with E-state index in [4.69, 9.17) is 4.74 Å². The molecule has 30 heavy (non-hydrogen) atoms. The van der Waals surface area contributed by atoms with Crippen molar-refractivity contribution in [1.82, 2.24) is 4.90 Å². The van der Waals surface area contributed by atoms with Crippen LogP contribution in [0.15, 0.2) is 52.3 Å². The summed E-state index contributed by atoms with van der Waals surface area (Å²) in [7, 11) is -3.67. The number of fused-ring (bicyclic) bond motifs is 1. The molecule has 0 saturated carbocycles. The van der Waals surface area contributed by atoms with E-state index in [2.05, 4.69) is 0 Å². The van der Waals surface area contributed by atoms with Crippen molar-refractivity contribution in [2.24, 2.45) is 0 Å².